The molecule has 0 spiro atoms. The summed E-state index contributed by atoms with van der Waals surface area (Å²) in [6.07, 6.45) is 4.40. The van der Waals surface area contributed by atoms with Gasteiger partial charge in [0, 0.05) is 12.2 Å². The zero-order valence-corrected chi connectivity index (χ0v) is 10.4. The zero-order valence-electron chi connectivity index (χ0n) is 8.79. The van der Waals surface area contributed by atoms with Crippen molar-refractivity contribution in [1.82, 2.24) is 9.97 Å². The van der Waals surface area contributed by atoms with Gasteiger partial charge < -0.3 is 5.32 Å². The van der Waals surface area contributed by atoms with Gasteiger partial charge in [-0.25, -0.2) is 9.97 Å². The summed E-state index contributed by atoms with van der Waals surface area (Å²) in [7, 11) is 0. The molecular weight excluding hydrogens is 242 g/mol. The number of nitrogens with zero attached hydrogens (tertiary/aromatic N) is 2. The van der Waals surface area contributed by atoms with Crippen LogP contribution in [0.2, 0.25) is 0 Å². The van der Waals surface area contributed by atoms with E-state index in [1.54, 1.807) is 12.5 Å². The maximum Gasteiger partial charge on any atom is 0.143 e. The Bertz CT molecular complexity index is 288. The molecule has 0 aliphatic heterocycles. The van der Waals surface area contributed by atoms with Gasteiger partial charge in [-0.05, 0) is 28.3 Å². The van der Waals surface area contributed by atoms with Gasteiger partial charge in [0.1, 0.15) is 12.1 Å². The molecule has 0 saturated carbocycles. The summed E-state index contributed by atoms with van der Waals surface area (Å²) in [5, 5.41) is 3.40. The van der Waals surface area contributed by atoms with Crippen LogP contribution in [0, 0.1) is 5.92 Å². The molecule has 0 amide bonds. The average molecular weight is 258 g/mol. The van der Waals surface area contributed by atoms with E-state index in [1.165, 1.54) is 0 Å². The van der Waals surface area contributed by atoms with E-state index in [0.717, 1.165) is 16.7 Å². The van der Waals surface area contributed by atoms with Gasteiger partial charge in [0.2, 0.25) is 0 Å². The second-order valence-corrected chi connectivity index (χ2v) is 4.48. The summed E-state index contributed by atoms with van der Waals surface area (Å²) >= 11 is 3.42. The van der Waals surface area contributed by atoms with Gasteiger partial charge >= 0.3 is 0 Å². The van der Waals surface area contributed by atoms with E-state index in [1.807, 2.05) is 0 Å². The van der Waals surface area contributed by atoms with Crippen LogP contribution in [0.5, 0.6) is 0 Å². The third-order valence-electron chi connectivity index (χ3n) is 2.23. The number of hydrogen-bond acceptors (Lipinski definition) is 3. The summed E-state index contributed by atoms with van der Waals surface area (Å²) in [4.78, 5) is 8.10. The Morgan fingerprint density at radius 3 is 2.71 bits per heavy atom. The van der Waals surface area contributed by atoms with Crippen molar-refractivity contribution < 1.29 is 0 Å². The topological polar surface area (TPSA) is 37.8 Å². The molecule has 0 bridgehead atoms. The molecule has 0 aliphatic carbocycles. The predicted molar refractivity (Wildman–Crippen MR) is 62.3 cm³/mol. The fraction of sp³-hybridized carbons (Fsp3) is 0.600. The van der Waals surface area contributed by atoms with Crippen molar-refractivity contribution in [2.75, 3.05) is 5.32 Å². The Labute approximate surface area is 93.5 Å². The van der Waals surface area contributed by atoms with Crippen molar-refractivity contribution in [1.29, 1.82) is 0 Å². The van der Waals surface area contributed by atoms with Crippen LogP contribution in [0.15, 0.2) is 17.0 Å². The smallest absolute Gasteiger partial charge is 0.143 e. The number of anilines is 1. The molecule has 0 aromatic carbocycles. The second-order valence-electron chi connectivity index (χ2n) is 3.62. The van der Waals surface area contributed by atoms with Crippen molar-refractivity contribution in [2.24, 2.45) is 5.92 Å². The molecule has 1 aromatic rings. The minimum absolute atomic E-state index is 0.459. The Morgan fingerprint density at radius 1 is 1.50 bits per heavy atom. The van der Waals surface area contributed by atoms with Gasteiger partial charge in [-0.15, -0.1) is 0 Å². The van der Waals surface area contributed by atoms with Crippen molar-refractivity contribution in [3.8, 4) is 0 Å². The largest absolute Gasteiger partial charge is 0.366 e. The van der Waals surface area contributed by atoms with Crippen LogP contribution in [0.4, 0.5) is 5.82 Å². The molecular formula is C10H16BrN3. The van der Waals surface area contributed by atoms with Gasteiger partial charge in [0.15, 0.2) is 0 Å². The van der Waals surface area contributed by atoms with Crippen LogP contribution in [0.3, 0.4) is 0 Å². The van der Waals surface area contributed by atoms with E-state index >= 15 is 0 Å². The lowest BCUT2D eigenvalue weighted by atomic mass is 10.0. The van der Waals surface area contributed by atoms with Crippen LogP contribution in [0.1, 0.15) is 27.2 Å². The van der Waals surface area contributed by atoms with Crippen molar-refractivity contribution in [3.63, 3.8) is 0 Å². The molecule has 78 valence electrons. The third kappa shape index (κ3) is 2.94. The van der Waals surface area contributed by atoms with E-state index in [-0.39, 0.29) is 0 Å². The number of nitrogens with one attached hydrogen (secondary N) is 1. The van der Waals surface area contributed by atoms with E-state index in [4.69, 9.17) is 0 Å². The highest BCUT2D eigenvalue weighted by molar-refractivity contribution is 9.10. The lowest BCUT2D eigenvalue weighted by Crippen LogP contribution is -2.25. The maximum absolute atomic E-state index is 4.18. The molecule has 0 saturated heterocycles. The Morgan fingerprint density at radius 2 is 2.21 bits per heavy atom. The summed E-state index contributed by atoms with van der Waals surface area (Å²) < 4.78 is 0.916. The molecule has 3 nitrogen and oxygen atoms in total. The molecule has 4 heteroatoms. The normalized spacial score (nSPS) is 12.9. The van der Waals surface area contributed by atoms with Crippen molar-refractivity contribution in [2.45, 2.75) is 33.2 Å². The van der Waals surface area contributed by atoms with Gasteiger partial charge in [0.05, 0.1) is 4.47 Å². The number of aromatic nitrogens is 2. The maximum atomic E-state index is 4.18. The van der Waals surface area contributed by atoms with Gasteiger partial charge in [-0.2, -0.15) is 0 Å². The third-order valence-corrected chi connectivity index (χ3v) is 2.81. The van der Waals surface area contributed by atoms with E-state index in [0.29, 0.717) is 12.0 Å². The van der Waals surface area contributed by atoms with Crippen LogP contribution in [-0.2, 0) is 0 Å². The van der Waals surface area contributed by atoms with Gasteiger partial charge in [0.25, 0.3) is 0 Å². The number of halogens is 1. The molecule has 1 rings (SSSR count). The average Bonchev–Trinajstić information content (AvgIpc) is 2.16. The molecule has 1 heterocycles. The predicted octanol–water partition coefficient (Wildman–Crippen LogP) is 3.09. The number of rotatable bonds is 4. The Hall–Kier alpha value is -0.640. The Balaban J connectivity index is 2.72. The highest BCUT2D eigenvalue weighted by Crippen LogP contribution is 2.20. The molecule has 1 atom stereocenters. The molecule has 1 unspecified atom stereocenters. The van der Waals surface area contributed by atoms with Crippen molar-refractivity contribution in [3.05, 3.63) is 17.0 Å². The van der Waals surface area contributed by atoms with Crippen LogP contribution < -0.4 is 5.32 Å². The van der Waals surface area contributed by atoms with E-state index < -0.39 is 0 Å². The number of hydrogen-bond donors (Lipinski definition) is 1. The highest BCUT2D eigenvalue weighted by Gasteiger charge is 2.12. The standard InChI is InChI=1S/C10H16BrN3/c1-4-9(7(2)3)14-10-8(11)5-12-6-13-10/h5-7,9H,4H2,1-3H3,(H,12,13,14). The van der Waals surface area contributed by atoms with Crippen LogP contribution in [0.25, 0.3) is 0 Å². The molecule has 14 heavy (non-hydrogen) atoms. The van der Waals surface area contributed by atoms with E-state index in [2.05, 4.69) is 52.0 Å². The minimum atomic E-state index is 0.459. The summed E-state index contributed by atoms with van der Waals surface area (Å²) in [6.45, 7) is 6.58. The quantitative estimate of drug-likeness (QED) is 0.901. The highest BCUT2D eigenvalue weighted by atomic mass is 79.9. The lowest BCUT2D eigenvalue weighted by Gasteiger charge is -2.21. The first-order chi connectivity index (χ1) is 6.65. The van der Waals surface area contributed by atoms with Gasteiger partial charge in [-0.1, -0.05) is 20.8 Å². The van der Waals surface area contributed by atoms with Crippen LogP contribution in [-0.4, -0.2) is 16.0 Å². The Kier molecular flexibility index (Phi) is 4.32. The van der Waals surface area contributed by atoms with Crippen LogP contribution >= 0.6 is 15.9 Å². The molecule has 0 radical (unpaired) electrons. The van der Waals surface area contributed by atoms with Gasteiger partial charge in [-0.3, -0.25) is 0 Å². The molecule has 0 fully saturated rings. The monoisotopic (exact) mass is 257 g/mol. The first kappa shape index (κ1) is 11.4. The molecule has 1 aromatic heterocycles. The lowest BCUT2D eigenvalue weighted by molar-refractivity contribution is 0.509. The first-order valence-corrected chi connectivity index (χ1v) is 5.66. The first-order valence-electron chi connectivity index (χ1n) is 4.87. The fourth-order valence-electron chi connectivity index (χ4n) is 1.33. The summed E-state index contributed by atoms with van der Waals surface area (Å²) in [5.74, 6) is 1.47. The molecule has 0 aliphatic rings. The summed E-state index contributed by atoms with van der Waals surface area (Å²) in [6, 6.07) is 0.459. The van der Waals surface area contributed by atoms with E-state index in [9.17, 15) is 0 Å². The zero-order chi connectivity index (χ0) is 10.6. The second kappa shape index (κ2) is 5.29. The van der Waals surface area contributed by atoms with Crippen molar-refractivity contribution >= 4 is 21.7 Å². The minimum Gasteiger partial charge on any atom is -0.366 e. The fourth-order valence-corrected chi connectivity index (χ4v) is 1.67. The molecule has 1 N–H and O–H groups in total. The summed E-state index contributed by atoms with van der Waals surface area (Å²) in [5.41, 5.74) is 0. The SMILES string of the molecule is CCC(Nc1ncncc1Br)C(C)C.